The van der Waals surface area contributed by atoms with Gasteiger partial charge in [-0.25, -0.2) is 15.8 Å². The predicted octanol–water partition coefficient (Wildman–Crippen LogP) is 0.531. The number of nitrogen functional groups attached to an aromatic ring is 2. The minimum Gasteiger partial charge on any atom is -0.368 e. The highest BCUT2D eigenvalue weighted by atomic mass is 32.2. The van der Waals surface area contributed by atoms with E-state index in [-0.39, 0.29) is 11.5 Å². The Morgan fingerprint density at radius 3 is 2.85 bits per heavy atom. The standard InChI is InChI=1S/C11H15N7OS/c1-2-3-6-4-8(19)16-11(14-6)20-9-5-7(18-13)15-10(12)17-9/h4-5H,2-3,13H2,1H3,(H,14,16,19)(H3,12,15,17,18). The lowest BCUT2D eigenvalue weighted by Gasteiger charge is -2.05. The molecule has 0 radical (unpaired) electrons. The first-order chi connectivity index (χ1) is 9.60. The molecule has 0 aromatic carbocycles. The highest BCUT2D eigenvalue weighted by Gasteiger charge is 2.07. The predicted molar refractivity (Wildman–Crippen MR) is 77.2 cm³/mol. The molecule has 0 amide bonds. The van der Waals surface area contributed by atoms with E-state index in [1.54, 1.807) is 6.07 Å². The zero-order valence-electron chi connectivity index (χ0n) is 10.9. The van der Waals surface area contributed by atoms with Gasteiger partial charge in [-0.3, -0.25) is 4.79 Å². The summed E-state index contributed by atoms with van der Waals surface area (Å²) < 4.78 is 0. The van der Waals surface area contributed by atoms with Gasteiger partial charge in [0.2, 0.25) is 5.95 Å². The summed E-state index contributed by atoms with van der Waals surface area (Å²) in [5, 5.41) is 1.00. The van der Waals surface area contributed by atoms with Gasteiger partial charge < -0.3 is 16.1 Å². The second-order valence-electron chi connectivity index (χ2n) is 3.99. The van der Waals surface area contributed by atoms with Gasteiger partial charge in [-0.1, -0.05) is 13.3 Å². The van der Waals surface area contributed by atoms with Gasteiger partial charge in [0.05, 0.1) is 0 Å². The number of rotatable bonds is 5. The molecule has 20 heavy (non-hydrogen) atoms. The van der Waals surface area contributed by atoms with Crippen molar-refractivity contribution in [1.82, 2.24) is 19.9 Å². The number of anilines is 2. The number of nitrogens with zero attached hydrogens (tertiary/aromatic N) is 3. The van der Waals surface area contributed by atoms with E-state index in [0.29, 0.717) is 16.0 Å². The van der Waals surface area contributed by atoms with Crippen LogP contribution in [0.2, 0.25) is 0 Å². The number of nitrogens with one attached hydrogen (secondary N) is 2. The molecule has 0 atom stereocenters. The Balaban J connectivity index is 2.29. The first-order valence-corrected chi connectivity index (χ1v) is 6.81. The number of aryl methyl sites for hydroxylation is 1. The van der Waals surface area contributed by atoms with E-state index in [9.17, 15) is 4.79 Å². The SMILES string of the molecule is CCCc1cc(=O)[nH]c(Sc2cc(NN)nc(N)n2)n1. The zero-order chi connectivity index (χ0) is 14.5. The summed E-state index contributed by atoms with van der Waals surface area (Å²) in [5.74, 6) is 5.78. The van der Waals surface area contributed by atoms with Crippen LogP contribution in [-0.4, -0.2) is 19.9 Å². The van der Waals surface area contributed by atoms with Crippen LogP contribution in [0.3, 0.4) is 0 Å². The normalized spacial score (nSPS) is 10.5. The van der Waals surface area contributed by atoms with Crippen molar-refractivity contribution in [2.45, 2.75) is 29.9 Å². The molecule has 9 heteroatoms. The van der Waals surface area contributed by atoms with Crippen LogP contribution < -0.4 is 22.6 Å². The van der Waals surface area contributed by atoms with Crippen molar-refractivity contribution in [3.8, 4) is 0 Å². The van der Waals surface area contributed by atoms with Crippen molar-refractivity contribution < 1.29 is 0 Å². The van der Waals surface area contributed by atoms with Gasteiger partial charge in [0, 0.05) is 17.8 Å². The van der Waals surface area contributed by atoms with Crippen molar-refractivity contribution >= 4 is 23.5 Å². The van der Waals surface area contributed by atoms with Gasteiger partial charge in [-0.2, -0.15) is 4.98 Å². The summed E-state index contributed by atoms with van der Waals surface area (Å²) >= 11 is 1.19. The molecule has 0 saturated carbocycles. The molecule has 2 aromatic rings. The smallest absolute Gasteiger partial charge is 0.251 e. The maximum Gasteiger partial charge on any atom is 0.251 e. The minimum absolute atomic E-state index is 0.0926. The summed E-state index contributed by atoms with van der Waals surface area (Å²) in [5.41, 5.74) is 8.53. The summed E-state index contributed by atoms with van der Waals surface area (Å²) in [6, 6.07) is 3.11. The topological polar surface area (TPSA) is 136 Å². The molecule has 0 spiro atoms. The summed E-state index contributed by atoms with van der Waals surface area (Å²) in [6.45, 7) is 2.03. The lowest BCUT2D eigenvalue weighted by molar-refractivity contribution is 0.815. The lowest BCUT2D eigenvalue weighted by atomic mass is 10.2. The van der Waals surface area contributed by atoms with Crippen LogP contribution in [-0.2, 0) is 6.42 Å². The Labute approximate surface area is 119 Å². The molecule has 0 fully saturated rings. The van der Waals surface area contributed by atoms with Crippen LogP contribution >= 0.6 is 11.8 Å². The van der Waals surface area contributed by atoms with Crippen molar-refractivity contribution in [2.75, 3.05) is 11.2 Å². The van der Waals surface area contributed by atoms with Crippen LogP contribution in [0.15, 0.2) is 27.1 Å². The molecule has 0 aliphatic carbocycles. The van der Waals surface area contributed by atoms with Gasteiger partial charge in [0.1, 0.15) is 10.8 Å². The molecule has 8 nitrogen and oxygen atoms in total. The van der Waals surface area contributed by atoms with E-state index in [1.165, 1.54) is 17.8 Å². The van der Waals surface area contributed by atoms with Gasteiger partial charge in [-0.15, -0.1) is 0 Å². The third kappa shape index (κ3) is 3.68. The molecule has 6 N–H and O–H groups in total. The van der Waals surface area contributed by atoms with Crippen LogP contribution in [0.25, 0.3) is 0 Å². The number of nitrogens with two attached hydrogens (primary N) is 2. The summed E-state index contributed by atoms with van der Waals surface area (Å²) in [6.07, 6.45) is 1.67. The monoisotopic (exact) mass is 293 g/mol. The molecule has 0 saturated heterocycles. The van der Waals surface area contributed by atoms with Crippen LogP contribution in [0.1, 0.15) is 19.0 Å². The summed E-state index contributed by atoms with van der Waals surface area (Å²) in [7, 11) is 0. The fourth-order valence-electron chi connectivity index (χ4n) is 1.58. The van der Waals surface area contributed by atoms with Crippen LogP contribution in [0, 0.1) is 0 Å². The zero-order valence-corrected chi connectivity index (χ0v) is 11.7. The lowest BCUT2D eigenvalue weighted by Crippen LogP contribution is -2.11. The van der Waals surface area contributed by atoms with Gasteiger partial charge >= 0.3 is 0 Å². The molecular formula is C11H15N7OS. The molecular weight excluding hydrogens is 278 g/mol. The van der Waals surface area contributed by atoms with Gasteiger partial charge in [0.25, 0.3) is 5.56 Å². The Morgan fingerprint density at radius 1 is 1.35 bits per heavy atom. The Morgan fingerprint density at radius 2 is 2.15 bits per heavy atom. The molecule has 2 heterocycles. The van der Waals surface area contributed by atoms with Crippen LogP contribution in [0.5, 0.6) is 0 Å². The van der Waals surface area contributed by atoms with E-state index in [1.807, 2.05) is 6.92 Å². The fraction of sp³-hybridized carbons (Fsp3) is 0.273. The Kier molecular flexibility index (Phi) is 4.53. The van der Waals surface area contributed by atoms with E-state index in [4.69, 9.17) is 11.6 Å². The number of aromatic amines is 1. The average molecular weight is 293 g/mol. The van der Waals surface area contributed by atoms with E-state index < -0.39 is 0 Å². The van der Waals surface area contributed by atoms with Gasteiger partial charge in [0.15, 0.2) is 5.16 Å². The highest BCUT2D eigenvalue weighted by molar-refractivity contribution is 7.99. The van der Waals surface area contributed by atoms with Crippen molar-refractivity contribution in [3.05, 3.63) is 28.2 Å². The molecule has 106 valence electrons. The molecule has 0 bridgehead atoms. The number of hydrogen-bond donors (Lipinski definition) is 4. The Bertz CT molecular complexity index is 657. The maximum atomic E-state index is 11.6. The highest BCUT2D eigenvalue weighted by Crippen LogP contribution is 2.24. The van der Waals surface area contributed by atoms with Crippen molar-refractivity contribution in [3.63, 3.8) is 0 Å². The summed E-state index contributed by atoms with van der Waals surface area (Å²) in [4.78, 5) is 26.5. The third-order valence-corrected chi connectivity index (χ3v) is 3.15. The van der Waals surface area contributed by atoms with Crippen molar-refractivity contribution in [1.29, 1.82) is 0 Å². The van der Waals surface area contributed by atoms with E-state index in [2.05, 4.69) is 25.4 Å². The molecule has 0 aliphatic rings. The fourth-order valence-corrected chi connectivity index (χ4v) is 2.41. The average Bonchev–Trinajstić information content (AvgIpc) is 2.37. The Hall–Kier alpha value is -2.13. The number of hydrazine groups is 1. The van der Waals surface area contributed by atoms with Gasteiger partial charge in [-0.05, 0) is 18.2 Å². The molecule has 2 aromatic heterocycles. The van der Waals surface area contributed by atoms with E-state index in [0.717, 1.165) is 18.5 Å². The minimum atomic E-state index is -0.190. The largest absolute Gasteiger partial charge is 0.368 e. The number of H-pyrrole nitrogens is 1. The first-order valence-electron chi connectivity index (χ1n) is 6.00. The number of aromatic nitrogens is 4. The quantitative estimate of drug-likeness (QED) is 0.271. The maximum absolute atomic E-state index is 11.6. The van der Waals surface area contributed by atoms with E-state index >= 15 is 0 Å². The molecule has 2 rings (SSSR count). The van der Waals surface area contributed by atoms with Crippen molar-refractivity contribution in [2.24, 2.45) is 5.84 Å². The number of hydrogen-bond acceptors (Lipinski definition) is 8. The molecule has 0 unspecified atom stereocenters. The second-order valence-corrected chi connectivity index (χ2v) is 5.00. The first kappa shape index (κ1) is 14.3. The van der Waals surface area contributed by atoms with Crippen LogP contribution in [0.4, 0.5) is 11.8 Å². The molecule has 0 aliphatic heterocycles. The third-order valence-electron chi connectivity index (χ3n) is 2.35. The second kappa shape index (κ2) is 6.35.